The average molecular weight is 275 g/mol. The van der Waals surface area contributed by atoms with Crippen molar-refractivity contribution in [2.75, 3.05) is 19.5 Å². The zero-order valence-corrected chi connectivity index (χ0v) is 11.0. The van der Waals surface area contributed by atoms with Crippen LogP contribution in [0.25, 0.3) is 0 Å². The van der Waals surface area contributed by atoms with Gasteiger partial charge in [0.2, 0.25) is 0 Å². The molecule has 0 bridgehead atoms. The molecule has 2 rings (SSSR count). The lowest BCUT2D eigenvalue weighted by Gasteiger charge is -2.10. The van der Waals surface area contributed by atoms with Crippen molar-refractivity contribution in [2.45, 2.75) is 0 Å². The lowest BCUT2D eigenvalue weighted by molar-refractivity contribution is -0.385. The summed E-state index contributed by atoms with van der Waals surface area (Å²) >= 11 is 0. The number of hydrogen-bond acceptors (Lipinski definition) is 6. The summed E-state index contributed by atoms with van der Waals surface area (Å²) in [6.45, 7) is 0. The minimum absolute atomic E-state index is 0.0529. The molecule has 1 N–H and O–H groups in total. The van der Waals surface area contributed by atoms with Gasteiger partial charge in [-0.25, -0.2) is 4.98 Å². The van der Waals surface area contributed by atoms with Crippen LogP contribution in [0, 0.1) is 10.1 Å². The number of nitrogens with zero attached hydrogens (tertiary/aromatic N) is 2. The molecule has 1 aromatic heterocycles. The molecule has 0 amide bonds. The van der Waals surface area contributed by atoms with Gasteiger partial charge in [0, 0.05) is 17.8 Å². The van der Waals surface area contributed by atoms with Gasteiger partial charge < -0.3 is 14.8 Å². The van der Waals surface area contributed by atoms with Crippen molar-refractivity contribution >= 4 is 17.2 Å². The molecular weight excluding hydrogens is 262 g/mol. The van der Waals surface area contributed by atoms with Gasteiger partial charge in [-0.2, -0.15) is 0 Å². The Balaban J connectivity index is 2.19. The van der Waals surface area contributed by atoms with E-state index in [1.165, 1.54) is 18.3 Å². The molecule has 0 aliphatic rings. The van der Waals surface area contributed by atoms with Crippen LogP contribution in [0.15, 0.2) is 36.5 Å². The molecule has 2 aromatic rings. The molecule has 0 aliphatic heterocycles. The molecule has 0 radical (unpaired) electrons. The second-order valence-corrected chi connectivity index (χ2v) is 3.85. The number of pyridine rings is 1. The molecule has 20 heavy (non-hydrogen) atoms. The molecule has 7 heteroatoms. The first-order valence-corrected chi connectivity index (χ1v) is 5.73. The van der Waals surface area contributed by atoms with Crippen LogP contribution in [-0.4, -0.2) is 24.1 Å². The molecule has 0 fully saturated rings. The van der Waals surface area contributed by atoms with Crippen LogP contribution < -0.4 is 14.8 Å². The first-order valence-electron chi connectivity index (χ1n) is 5.73. The molecule has 0 aliphatic carbocycles. The van der Waals surface area contributed by atoms with Crippen molar-refractivity contribution in [3.63, 3.8) is 0 Å². The Kier molecular flexibility index (Phi) is 3.99. The smallest absolute Gasteiger partial charge is 0.287 e. The van der Waals surface area contributed by atoms with E-state index in [4.69, 9.17) is 9.47 Å². The zero-order chi connectivity index (χ0) is 14.5. The average Bonchev–Trinajstić information content (AvgIpc) is 2.47. The summed E-state index contributed by atoms with van der Waals surface area (Å²) in [7, 11) is 3.11. The van der Waals surface area contributed by atoms with Crippen molar-refractivity contribution < 1.29 is 14.4 Å². The third-order valence-corrected chi connectivity index (χ3v) is 2.61. The maximum atomic E-state index is 10.5. The van der Waals surface area contributed by atoms with E-state index < -0.39 is 4.92 Å². The van der Waals surface area contributed by atoms with E-state index in [-0.39, 0.29) is 5.69 Å². The topological polar surface area (TPSA) is 86.5 Å². The van der Waals surface area contributed by atoms with E-state index in [9.17, 15) is 10.1 Å². The quantitative estimate of drug-likeness (QED) is 0.667. The summed E-state index contributed by atoms with van der Waals surface area (Å²) in [6.07, 6.45) is 1.20. The molecule has 1 aromatic carbocycles. The van der Waals surface area contributed by atoms with Crippen LogP contribution in [0.5, 0.6) is 11.5 Å². The Morgan fingerprint density at radius 3 is 2.45 bits per heavy atom. The van der Waals surface area contributed by atoms with Crippen molar-refractivity contribution in [1.29, 1.82) is 0 Å². The molecule has 0 atom stereocenters. The number of anilines is 2. The molecule has 0 saturated carbocycles. The second-order valence-electron chi connectivity index (χ2n) is 3.85. The summed E-state index contributed by atoms with van der Waals surface area (Å²) in [6, 6.07) is 8.23. The lowest BCUT2D eigenvalue weighted by Crippen LogP contribution is -1.96. The summed E-state index contributed by atoms with van der Waals surface area (Å²) in [5.74, 6) is 1.71. The molecule has 0 saturated heterocycles. The number of hydrogen-bond donors (Lipinski definition) is 1. The highest BCUT2D eigenvalue weighted by atomic mass is 16.6. The lowest BCUT2D eigenvalue weighted by atomic mass is 10.2. The monoisotopic (exact) mass is 275 g/mol. The van der Waals surface area contributed by atoms with Crippen molar-refractivity contribution in [3.8, 4) is 11.5 Å². The Bertz CT molecular complexity index is 614. The zero-order valence-electron chi connectivity index (χ0n) is 11.0. The number of nitrogens with one attached hydrogen (secondary N) is 1. The van der Waals surface area contributed by atoms with Gasteiger partial charge >= 0.3 is 0 Å². The summed E-state index contributed by atoms with van der Waals surface area (Å²) in [5, 5.41) is 13.6. The Labute approximate surface area is 115 Å². The van der Waals surface area contributed by atoms with Gasteiger partial charge in [0.1, 0.15) is 12.0 Å². The summed E-state index contributed by atoms with van der Waals surface area (Å²) in [5.41, 5.74) is 0.687. The molecule has 1 heterocycles. The largest absolute Gasteiger partial charge is 0.493 e. The fraction of sp³-hybridized carbons (Fsp3) is 0.154. The molecule has 7 nitrogen and oxygen atoms in total. The van der Waals surface area contributed by atoms with Gasteiger partial charge in [0.15, 0.2) is 11.5 Å². The van der Waals surface area contributed by atoms with E-state index >= 15 is 0 Å². The Hall–Kier alpha value is -2.83. The third-order valence-electron chi connectivity index (χ3n) is 2.61. The van der Waals surface area contributed by atoms with Gasteiger partial charge in [-0.3, -0.25) is 10.1 Å². The van der Waals surface area contributed by atoms with Crippen LogP contribution >= 0.6 is 0 Å². The first-order chi connectivity index (χ1) is 9.63. The number of aromatic nitrogens is 1. The molecule has 0 unspecified atom stereocenters. The minimum Gasteiger partial charge on any atom is -0.493 e. The number of methoxy groups -OCH3 is 2. The minimum atomic E-state index is -0.493. The highest BCUT2D eigenvalue weighted by Crippen LogP contribution is 2.30. The van der Waals surface area contributed by atoms with Crippen LogP contribution in [0.4, 0.5) is 17.2 Å². The maximum Gasteiger partial charge on any atom is 0.287 e. The molecule has 104 valence electrons. The van der Waals surface area contributed by atoms with E-state index in [2.05, 4.69) is 10.3 Å². The van der Waals surface area contributed by atoms with Crippen molar-refractivity contribution in [1.82, 2.24) is 4.98 Å². The predicted molar refractivity (Wildman–Crippen MR) is 73.7 cm³/mol. The maximum absolute atomic E-state index is 10.5. The number of nitro groups is 1. The number of benzene rings is 1. The van der Waals surface area contributed by atoms with Gasteiger partial charge in [0.05, 0.1) is 19.1 Å². The molecular formula is C13H13N3O4. The fourth-order valence-corrected chi connectivity index (χ4v) is 1.63. The van der Waals surface area contributed by atoms with E-state index in [0.717, 1.165) is 5.69 Å². The molecule has 0 spiro atoms. The fourth-order valence-electron chi connectivity index (χ4n) is 1.63. The highest BCUT2D eigenvalue weighted by Gasteiger charge is 2.07. The predicted octanol–water partition coefficient (Wildman–Crippen LogP) is 2.75. The number of ether oxygens (including phenoxy) is 2. The standard InChI is InChI=1S/C13H13N3O4/c1-19-11-5-3-9(7-12(11)20-2)15-13-6-4-10(8-14-13)16(17)18/h3-8H,1-2H3,(H,14,15). The first kappa shape index (κ1) is 13.6. The Morgan fingerprint density at radius 1 is 1.15 bits per heavy atom. The van der Waals surface area contributed by atoms with E-state index in [1.807, 2.05) is 0 Å². The Morgan fingerprint density at radius 2 is 1.90 bits per heavy atom. The SMILES string of the molecule is COc1ccc(Nc2ccc([N+](=O)[O-])cn2)cc1OC. The number of rotatable bonds is 5. The summed E-state index contributed by atoms with van der Waals surface area (Å²) < 4.78 is 10.3. The van der Waals surface area contributed by atoms with Crippen molar-refractivity contribution in [3.05, 3.63) is 46.6 Å². The van der Waals surface area contributed by atoms with Gasteiger partial charge in [0.25, 0.3) is 5.69 Å². The van der Waals surface area contributed by atoms with Crippen LogP contribution in [0.3, 0.4) is 0 Å². The third kappa shape index (κ3) is 2.94. The van der Waals surface area contributed by atoms with Gasteiger partial charge in [-0.05, 0) is 18.2 Å². The van der Waals surface area contributed by atoms with E-state index in [1.54, 1.807) is 32.4 Å². The van der Waals surface area contributed by atoms with Gasteiger partial charge in [-0.15, -0.1) is 0 Å². The van der Waals surface area contributed by atoms with Gasteiger partial charge in [-0.1, -0.05) is 0 Å². The highest BCUT2D eigenvalue weighted by molar-refractivity contribution is 5.61. The van der Waals surface area contributed by atoms with Crippen LogP contribution in [-0.2, 0) is 0 Å². The van der Waals surface area contributed by atoms with Crippen LogP contribution in [0.1, 0.15) is 0 Å². The second kappa shape index (κ2) is 5.87. The normalized spacial score (nSPS) is 9.90. The van der Waals surface area contributed by atoms with Crippen LogP contribution in [0.2, 0.25) is 0 Å². The summed E-state index contributed by atoms with van der Waals surface area (Å²) in [4.78, 5) is 14.0. The van der Waals surface area contributed by atoms with Crippen molar-refractivity contribution in [2.24, 2.45) is 0 Å². The van der Waals surface area contributed by atoms with E-state index in [0.29, 0.717) is 17.3 Å².